The molecule has 0 unspecified atom stereocenters. The monoisotopic (exact) mass is 226 g/mol. The van der Waals surface area contributed by atoms with Crippen molar-refractivity contribution >= 4 is 5.69 Å². The van der Waals surface area contributed by atoms with E-state index in [0.717, 1.165) is 22.3 Å². The zero-order valence-electron chi connectivity index (χ0n) is 9.73. The van der Waals surface area contributed by atoms with Crippen LogP contribution in [-0.4, -0.2) is 4.92 Å². The zero-order valence-corrected chi connectivity index (χ0v) is 9.73. The van der Waals surface area contributed by atoms with E-state index in [-0.39, 0.29) is 10.6 Å². The predicted molar refractivity (Wildman–Crippen MR) is 66.8 cm³/mol. The number of aryl methyl sites for hydroxylation is 2. The molecule has 0 heterocycles. The molecule has 0 atom stereocenters. The first-order chi connectivity index (χ1) is 8.09. The summed E-state index contributed by atoms with van der Waals surface area (Å²) in [5.41, 5.74) is 4.41. The Balaban J connectivity index is 2.50. The first-order valence-electron chi connectivity index (χ1n) is 5.32. The van der Waals surface area contributed by atoms with Crippen LogP contribution in [-0.2, 0) is 0 Å². The molecule has 0 aliphatic heterocycles. The predicted octanol–water partition coefficient (Wildman–Crippen LogP) is 3.68. The van der Waals surface area contributed by atoms with Gasteiger partial charge in [0.2, 0.25) is 0 Å². The molecule has 2 aromatic rings. The highest BCUT2D eigenvalue weighted by molar-refractivity contribution is 5.71. The van der Waals surface area contributed by atoms with E-state index in [0.29, 0.717) is 0 Å². The summed E-state index contributed by atoms with van der Waals surface area (Å²) in [6.45, 7) is 4.02. The van der Waals surface area contributed by atoms with Crippen molar-refractivity contribution in [2.75, 3.05) is 0 Å². The Labute approximate surface area is 99.9 Å². The summed E-state index contributed by atoms with van der Waals surface area (Å²) < 4.78 is 0. The third-order valence-electron chi connectivity index (χ3n) is 2.77. The topological polar surface area (TPSA) is 43.1 Å². The van der Waals surface area contributed by atoms with Gasteiger partial charge in [-0.3, -0.25) is 10.1 Å². The Morgan fingerprint density at radius 3 is 2.29 bits per heavy atom. The Morgan fingerprint density at radius 2 is 1.76 bits per heavy atom. The lowest BCUT2D eigenvalue weighted by Gasteiger charge is -2.09. The van der Waals surface area contributed by atoms with Gasteiger partial charge in [0.25, 0.3) is 5.69 Å². The van der Waals surface area contributed by atoms with Gasteiger partial charge in [-0.2, -0.15) is 0 Å². The Kier molecular flexibility index (Phi) is 2.91. The molecule has 0 saturated heterocycles. The molecule has 2 aromatic carbocycles. The second-order valence-electron chi connectivity index (χ2n) is 3.96. The average molecular weight is 226 g/mol. The molecule has 17 heavy (non-hydrogen) atoms. The van der Waals surface area contributed by atoms with Crippen molar-refractivity contribution in [3.8, 4) is 11.1 Å². The van der Waals surface area contributed by atoms with Crippen molar-refractivity contribution in [3.63, 3.8) is 0 Å². The fraction of sp³-hybridized carbons (Fsp3) is 0.143. The number of hydrogen-bond acceptors (Lipinski definition) is 2. The summed E-state index contributed by atoms with van der Waals surface area (Å²) in [5.74, 6) is 0. The van der Waals surface area contributed by atoms with Crippen molar-refractivity contribution in [1.82, 2.24) is 0 Å². The molecule has 0 saturated carbocycles. The summed E-state index contributed by atoms with van der Waals surface area (Å²) >= 11 is 0. The summed E-state index contributed by atoms with van der Waals surface area (Å²) in [6.07, 6.45) is 0. The summed E-state index contributed by atoms with van der Waals surface area (Å²) in [5, 5.41) is 10.6. The van der Waals surface area contributed by atoms with Gasteiger partial charge in [-0.1, -0.05) is 12.1 Å². The molecule has 0 amide bonds. The minimum absolute atomic E-state index is 0.115. The average Bonchev–Trinajstić information content (AvgIpc) is 2.29. The zero-order chi connectivity index (χ0) is 12.4. The minimum Gasteiger partial charge on any atom is -0.258 e. The number of nitro benzene ring substituents is 1. The smallest absolute Gasteiger partial charge is 0.258 e. The van der Waals surface area contributed by atoms with E-state index in [4.69, 9.17) is 0 Å². The van der Waals surface area contributed by atoms with Crippen molar-refractivity contribution in [2.45, 2.75) is 13.8 Å². The molecule has 0 aliphatic rings. The van der Waals surface area contributed by atoms with Crippen LogP contribution < -0.4 is 0 Å². The van der Waals surface area contributed by atoms with Gasteiger partial charge >= 0.3 is 0 Å². The van der Waals surface area contributed by atoms with Crippen molar-refractivity contribution in [3.05, 3.63) is 63.7 Å². The molecule has 0 spiro atoms. The van der Waals surface area contributed by atoms with Crippen LogP contribution in [0.15, 0.2) is 36.4 Å². The summed E-state index contributed by atoms with van der Waals surface area (Å²) in [4.78, 5) is 10.2. The van der Waals surface area contributed by atoms with Crippen LogP contribution >= 0.6 is 0 Å². The maximum Gasteiger partial charge on any atom is 0.269 e. The standard InChI is InChI=1S/C14H12NO2/c1-10-4-3-5-11(2)14(10)12-6-8-13(9-7-12)15(16)17/h3-4,6-9H,1-2H3. The molecule has 85 valence electrons. The fourth-order valence-electron chi connectivity index (χ4n) is 1.94. The van der Waals surface area contributed by atoms with E-state index in [1.54, 1.807) is 12.1 Å². The highest BCUT2D eigenvalue weighted by Crippen LogP contribution is 2.28. The highest BCUT2D eigenvalue weighted by Gasteiger charge is 2.08. The molecule has 0 aliphatic carbocycles. The molecule has 0 fully saturated rings. The third-order valence-corrected chi connectivity index (χ3v) is 2.77. The quantitative estimate of drug-likeness (QED) is 0.579. The van der Waals surface area contributed by atoms with Gasteiger partial charge in [0.1, 0.15) is 0 Å². The van der Waals surface area contributed by atoms with Crippen LogP contribution in [0.1, 0.15) is 11.1 Å². The van der Waals surface area contributed by atoms with Gasteiger partial charge in [0, 0.05) is 12.1 Å². The molecule has 0 aromatic heterocycles. The van der Waals surface area contributed by atoms with Crippen molar-refractivity contribution < 1.29 is 4.92 Å². The Morgan fingerprint density at radius 1 is 1.12 bits per heavy atom. The van der Waals surface area contributed by atoms with Crippen molar-refractivity contribution in [1.29, 1.82) is 0 Å². The van der Waals surface area contributed by atoms with E-state index in [1.165, 1.54) is 12.1 Å². The van der Waals surface area contributed by atoms with Gasteiger partial charge in [-0.15, -0.1) is 0 Å². The molecule has 3 nitrogen and oxygen atoms in total. The summed E-state index contributed by atoms with van der Waals surface area (Å²) in [6, 6.07) is 13.6. The maximum absolute atomic E-state index is 10.6. The largest absolute Gasteiger partial charge is 0.269 e. The molecule has 1 radical (unpaired) electrons. The Bertz CT molecular complexity index is 539. The van der Waals surface area contributed by atoms with E-state index in [2.05, 4.69) is 6.07 Å². The second kappa shape index (κ2) is 4.37. The number of benzene rings is 2. The number of nitrogens with zero attached hydrogens (tertiary/aromatic N) is 1. The Hall–Kier alpha value is -2.16. The molecule has 0 bridgehead atoms. The van der Waals surface area contributed by atoms with Crippen LogP contribution in [0.25, 0.3) is 11.1 Å². The lowest BCUT2D eigenvalue weighted by atomic mass is 9.96. The lowest BCUT2D eigenvalue weighted by molar-refractivity contribution is -0.384. The van der Waals surface area contributed by atoms with Gasteiger partial charge in [0.15, 0.2) is 0 Å². The van der Waals surface area contributed by atoms with Crippen LogP contribution in [0, 0.1) is 30.0 Å². The van der Waals surface area contributed by atoms with Gasteiger partial charge in [-0.25, -0.2) is 0 Å². The molecule has 0 N–H and O–H groups in total. The van der Waals surface area contributed by atoms with Crippen LogP contribution in [0.3, 0.4) is 0 Å². The normalized spacial score (nSPS) is 10.2. The first-order valence-corrected chi connectivity index (χ1v) is 5.32. The number of nitro groups is 1. The van der Waals surface area contributed by atoms with Crippen molar-refractivity contribution in [2.24, 2.45) is 0 Å². The fourth-order valence-corrected chi connectivity index (χ4v) is 1.94. The van der Waals surface area contributed by atoms with E-state index >= 15 is 0 Å². The molecular formula is C14H12NO2. The number of non-ortho nitro benzene ring substituents is 1. The highest BCUT2D eigenvalue weighted by atomic mass is 16.6. The number of rotatable bonds is 2. The SMILES string of the molecule is Cc1[c]ccc(C)c1-c1ccc([N+](=O)[O-])cc1. The number of hydrogen-bond donors (Lipinski definition) is 0. The molecule has 3 heteroatoms. The molecule has 2 rings (SSSR count). The third kappa shape index (κ3) is 2.18. The van der Waals surface area contributed by atoms with E-state index in [1.807, 2.05) is 26.0 Å². The lowest BCUT2D eigenvalue weighted by Crippen LogP contribution is -1.90. The van der Waals surface area contributed by atoms with Crippen LogP contribution in [0.4, 0.5) is 5.69 Å². The van der Waals surface area contributed by atoms with Crippen LogP contribution in [0.5, 0.6) is 0 Å². The van der Waals surface area contributed by atoms with Gasteiger partial charge < -0.3 is 0 Å². The van der Waals surface area contributed by atoms with Gasteiger partial charge in [0.05, 0.1) is 4.92 Å². The van der Waals surface area contributed by atoms with Crippen LogP contribution in [0.2, 0.25) is 0 Å². The molecular weight excluding hydrogens is 214 g/mol. The maximum atomic E-state index is 10.6. The second-order valence-corrected chi connectivity index (χ2v) is 3.96. The minimum atomic E-state index is -0.388. The first kappa shape index (κ1) is 11.3. The van der Waals surface area contributed by atoms with Gasteiger partial charge in [-0.05, 0) is 54.3 Å². The summed E-state index contributed by atoms with van der Waals surface area (Å²) in [7, 11) is 0. The van der Waals surface area contributed by atoms with E-state index in [9.17, 15) is 10.1 Å². The van der Waals surface area contributed by atoms with E-state index < -0.39 is 0 Å².